The number of sulfonamides is 1. The van der Waals surface area contributed by atoms with Crippen molar-refractivity contribution in [2.45, 2.75) is 56.6 Å². The van der Waals surface area contributed by atoms with Crippen molar-refractivity contribution in [2.75, 3.05) is 17.2 Å². The fraction of sp³-hybridized carbons (Fsp3) is 0.524. The van der Waals surface area contributed by atoms with Gasteiger partial charge in [-0.1, -0.05) is 12.1 Å². The highest BCUT2D eigenvalue weighted by Gasteiger charge is 2.45. The molecule has 2 aliphatic carbocycles. The molecule has 3 aliphatic rings. The van der Waals surface area contributed by atoms with Gasteiger partial charge in [0.25, 0.3) is 5.92 Å². The zero-order valence-electron chi connectivity index (χ0n) is 17.1. The molecule has 0 spiro atoms. The van der Waals surface area contributed by atoms with Crippen molar-refractivity contribution in [2.24, 2.45) is 5.14 Å². The van der Waals surface area contributed by atoms with E-state index in [1.54, 1.807) is 4.90 Å². The number of aromatic nitrogens is 2. The van der Waals surface area contributed by atoms with Crippen LogP contribution in [-0.2, 0) is 28.8 Å². The highest BCUT2D eigenvalue weighted by molar-refractivity contribution is 7.89. The summed E-state index contributed by atoms with van der Waals surface area (Å²) in [6, 6.07) is 5.37. The topological polar surface area (TPSA) is 109 Å². The van der Waals surface area contributed by atoms with Gasteiger partial charge in [-0.3, -0.25) is 0 Å². The summed E-state index contributed by atoms with van der Waals surface area (Å²) in [5, 5.41) is 15.1. The predicted octanol–water partition coefficient (Wildman–Crippen LogP) is 2.07. The molecule has 7 nitrogen and oxygen atoms in total. The number of hydrogen-bond donors (Lipinski definition) is 2. The second kappa shape index (κ2) is 6.91. The van der Waals surface area contributed by atoms with Crippen molar-refractivity contribution in [1.82, 2.24) is 9.97 Å². The maximum Gasteiger partial charge on any atom is 0.290 e. The zero-order valence-corrected chi connectivity index (χ0v) is 17.9. The molecule has 2 heterocycles. The molecular weight excluding hydrogens is 426 g/mol. The number of β-amino-alcohol motifs (C(OH)–C–C–N with tert-alkyl or cyclic N) is 1. The van der Waals surface area contributed by atoms with Gasteiger partial charge in [-0.15, -0.1) is 0 Å². The van der Waals surface area contributed by atoms with Gasteiger partial charge in [0.05, 0.1) is 23.6 Å². The average molecular weight is 451 g/mol. The third-order valence-electron chi connectivity index (χ3n) is 6.77. The third-order valence-corrected chi connectivity index (χ3v) is 7.64. The Hall–Kier alpha value is -2.17. The highest BCUT2D eigenvalue weighted by atomic mass is 32.2. The van der Waals surface area contributed by atoms with Gasteiger partial charge in [-0.25, -0.2) is 23.5 Å². The smallest absolute Gasteiger partial charge is 0.290 e. The normalized spacial score (nSPS) is 26.5. The lowest BCUT2D eigenvalue weighted by Gasteiger charge is -2.43. The van der Waals surface area contributed by atoms with Gasteiger partial charge in [0.1, 0.15) is 5.69 Å². The van der Waals surface area contributed by atoms with Crippen LogP contribution in [0, 0.1) is 0 Å². The summed E-state index contributed by atoms with van der Waals surface area (Å²) < 4.78 is 52.2. The Labute approximate surface area is 179 Å². The molecule has 0 bridgehead atoms. The van der Waals surface area contributed by atoms with E-state index in [9.17, 15) is 22.3 Å². The molecule has 1 aliphatic heterocycles. The number of benzene rings is 1. The first kappa shape index (κ1) is 20.7. The number of nitrogens with two attached hydrogens (primary N) is 1. The van der Waals surface area contributed by atoms with E-state index in [-0.39, 0.29) is 42.2 Å². The molecule has 0 amide bonds. The van der Waals surface area contributed by atoms with E-state index in [0.717, 1.165) is 16.7 Å². The minimum atomic E-state index is -3.58. The van der Waals surface area contributed by atoms with Crippen molar-refractivity contribution >= 4 is 16.0 Å². The summed E-state index contributed by atoms with van der Waals surface area (Å²) in [5.41, 5.74) is 3.38. The molecule has 166 valence electrons. The Morgan fingerprint density at radius 2 is 2.06 bits per heavy atom. The average Bonchev–Trinajstić information content (AvgIpc) is 3.24. The van der Waals surface area contributed by atoms with Crippen LogP contribution in [0.4, 0.5) is 14.7 Å². The number of aliphatic hydroxyl groups is 1. The van der Waals surface area contributed by atoms with E-state index < -0.39 is 22.0 Å². The Morgan fingerprint density at radius 3 is 2.74 bits per heavy atom. The molecule has 0 radical (unpaired) electrons. The first-order chi connectivity index (χ1) is 14.5. The fourth-order valence-electron chi connectivity index (χ4n) is 4.94. The van der Waals surface area contributed by atoms with Crippen LogP contribution in [0.5, 0.6) is 0 Å². The van der Waals surface area contributed by atoms with Gasteiger partial charge >= 0.3 is 0 Å². The lowest BCUT2D eigenvalue weighted by Crippen LogP contribution is -2.59. The number of fused-ring (bicyclic) bond motifs is 2. The van der Waals surface area contributed by atoms with Crippen molar-refractivity contribution < 1.29 is 22.3 Å². The standard InChI is InChI=1S/C21H24F2N4O3S/c1-11-17(28)9-27(11)20-25-18(16-6-7-21(22,23)19(16)26-20)13-4-5-15-12(8-13)2-3-14(15)10-31(24,29)30/h4-5,8,11,14,17,28H,2-3,6-7,9-10H2,1H3,(H2,24,29,30)/t11-,14+,17+/m0/s1. The van der Waals surface area contributed by atoms with Gasteiger partial charge in [0, 0.05) is 24.1 Å². The Bertz CT molecular complexity index is 1170. The van der Waals surface area contributed by atoms with Crippen molar-refractivity contribution in [3.8, 4) is 11.3 Å². The molecule has 1 saturated heterocycles. The highest BCUT2D eigenvalue weighted by Crippen LogP contribution is 2.45. The van der Waals surface area contributed by atoms with Crippen molar-refractivity contribution in [3.63, 3.8) is 0 Å². The summed E-state index contributed by atoms with van der Waals surface area (Å²) >= 11 is 0. The summed E-state index contributed by atoms with van der Waals surface area (Å²) in [6.45, 7) is 2.12. The summed E-state index contributed by atoms with van der Waals surface area (Å²) in [4.78, 5) is 10.6. The van der Waals surface area contributed by atoms with Gasteiger partial charge in [-0.05, 0) is 49.3 Å². The summed E-state index contributed by atoms with van der Waals surface area (Å²) in [5.74, 6) is -3.06. The van der Waals surface area contributed by atoms with Gasteiger partial charge in [0.2, 0.25) is 16.0 Å². The maximum absolute atomic E-state index is 14.6. The van der Waals surface area contributed by atoms with Crippen LogP contribution in [0.1, 0.15) is 48.1 Å². The minimum absolute atomic E-state index is 0.103. The van der Waals surface area contributed by atoms with Crippen LogP contribution in [0.3, 0.4) is 0 Å². The quantitative estimate of drug-likeness (QED) is 0.738. The molecule has 1 aromatic carbocycles. The minimum Gasteiger partial charge on any atom is -0.389 e. The maximum atomic E-state index is 14.6. The number of anilines is 1. The van der Waals surface area contributed by atoms with Crippen LogP contribution in [-0.4, -0.2) is 47.9 Å². The summed E-state index contributed by atoms with van der Waals surface area (Å²) in [7, 11) is -3.58. The van der Waals surface area contributed by atoms with E-state index in [4.69, 9.17) is 5.14 Å². The van der Waals surface area contributed by atoms with Gasteiger partial charge in [-0.2, -0.15) is 8.78 Å². The Morgan fingerprint density at radius 1 is 1.29 bits per heavy atom. The molecule has 5 rings (SSSR count). The number of primary sulfonamides is 1. The van der Waals surface area contributed by atoms with Crippen LogP contribution < -0.4 is 10.0 Å². The third kappa shape index (κ3) is 3.50. The molecule has 31 heavy (non-hydrogen) atoms. The lowest BCUT2D eigenvalue weighted by atomic mass is 9.98. The first-order valence-corrected chi connectivity index (χ1v) is 12.1. The molecule has 2 aromatic rings. The lowest BCUT2D eigenvalue weighted by molar-refractivity contribution is -0.00603. The number of rotatable bonds is 4. The number of aliphatic hydroxyl groups excluding tert-OH is 1. The van der Waals surface area contributed by atoms with Gasteiger partial charge < -0.3 is 10.0 Å². The van der Waals surface area contributed by atoms with Crippen LogP contribution >= 0.6 is 0 Å². The number of halogens is 2. The Balaban J connectivity index is 1.57. The number of hydrogen-bond acceptors (Lipinski definition) is 6. The molecular formula is C21H24F2N4O3S. The second-order valence-corrected chi connectivity index (χ2v) is 10.5. The number of alkyl halides is 2. The molecule has 10 heteroatoms. The molecule has 3 atom stereocenters. The van der Waals surface area contributed by atoms with Crippen LogP contribution in [0.25, 0.3) is 11.3 Å². The molecule has 0 saturated carbocycles. The number of aryl methyl sites for hydroxylation is 1. The Kier molecular flexibility index (Phi) is 4.62. The first-order valence-electron chi connectivity index (χ1n) is 10.4. The van der Waals surface area contributed by atoms with E-state index >= 15 is 0 Å². The molecule has 3 N–H and O–H groups in total. The van der Waals surface area contributed by atoms with Crippen LogP contribution in [0.15, 0.2) is 18.2 Å². The van der Waals surface area contributed by atoms with E-state index in [2.05, 4.69) is 9.97 Å². The second-order valence-electron chi connectivity index (χ2n) is 8.84. The molecule has 1 aromatic heterocycles. The fourth-order valence-corrected chi connectivity index (χ4v) is 5.85. The molecule has 0 unspecified atom stereocenters. The van der Waals surface area contributed by atoms with E-state index in [1.807, 2.05) is 25.1 Å². The SMILES string of the molecule is C[C@H]1[C@H](O)CN1c1nc(-c2ccc3c(c2)CC[C@@H]3CS(N)(=O)=O)c2c(n1)C(F)(F)CC2. The monoisotopic (exact) mass is 450 g/mol. The van der Waals surface area contributed by atoms with E-state index in [0.29, 0.717) is 30.6 Å². The predicted molar refractivity (Wildman–Crippen MR) is 112 cm³/mol. The summed E-state index contributed by atoms with van der Waals surface area (Å²) in [6.07, 6.45) is 0.754. The largest absolute Gasteiger partial charge is 0.389 e. The van der Waals surface area contributed by atoms with Crippen molar-refractivity contribution in [1.29, 1.82) is 0 Å². The zero-order chi connectivity index (χ0) is 22.1. The number of nitrogens with zero attached hydrogens (tertiary/aromatic N) is 3. The van der Waals surface area contributed by atoms with Crippen LogP contribution in [0.2, 0.25) is 0 Å². The van der Waals surface area contributed by atoms with E-state index in [1.165, 1.54) is 0 Å². The van der Waals surface area contributed by atoms with Gasteiger partial charge in [0.15, 0.2) is 0 Å². The molecule has 1 fully saturated rings. The van der Waals surface area contributed by atoms with Crippen molar-refractivity contribution in [3.05, 3.63) is 40.6 Å².